The van der Waals surface area contributed by atoms with Crippen molar-refractivity contribution < 1.29 is 4.74 Å². The number of fused-ring (bicyclic) bond motifs is 3. The number of aryl methyl sites for hydroxylation is 1. The Morgan fingerprint density at radius 3 is 2.68 bits per heavy atom. The van der Waals surface area contributed by atoms with Crippen LogP contribution in [0, 0.1) is 6.92 Å². The molecule has 0 aliphatic rings. The number of hydrogen-bond donors (Lipinski definition) is 0. The normalized spacial score (nSPS) is 11.4. The summed E-state index contributed by atoms with van der Waals surface area (Å²) in [5.41, 5.74) is 3.07. The third-order valence-electron chi connectivity index (χ3n) is 5.32. The Hall–Kier alpha value is -3.65. The molecular weight excluding hydrogens is 412 g/mol. The van der Waals surface area contributed by atoms with E-state index in [4.69, 9.17) is 4.74 Å². The van der Waals surface area contributed by atoms with Gasteiger partial charge >= 0.3 is 5.69 Å². The lowest BCUT2D eigenvalue weighted by Gasteiger charge is -2.11. The van der Waals surface area contributed by atoms with Crippen molar-refractivity contribution in [2.75, 3.05) is 7.11 Å². The molecule has 0 aliphatic carbocycles. The summed E-state index contributed by atoms with van der Waals surface area (Å²) in [5.74, 6) is 1.000. The summed E-state index contributed by atoms with van der Waals surface area (Å²) < 4.78 is 10.5. The molecule has 3 heterocycles. The molecule has 0 unspecified atom stereocenters. The van der Waals surface area contributed by atoms with Gasteiger partial charge in [0.25, 0.3) is 5.56 Å². The highest BCUT2D eigenvalue weighted by molar-refractivity contribution is 7.17. The number of ether oxygens (including phenoxy) is 1. The fourth-order valence-corrected chi connectivity index (χ4v) is 4.69. The molecule has 5 rings (SSSR count). The Balaban J connectivity index is 1.74. The lowest BCUT2D eigenvalue weighted by Crippen LogP contribution is -2.26. The van der Waals surface area contributed by atoms with Crippen LogP contribution in [0.4, 0.5) is 0 Å². The molecule has 0 fully saturated rings. The molecule has 3 aromatic heterocycles. The van der Waals surface area contributed by atoms with E-state index in [0.29, 0.717) is 28.3 Å². The van der Waals surface area contributed by atoms with E-state index < -0.39 is 0 Å². The first-order valence-corrected chi connectivity index (χ1v) is 10.7. The van der Waals surface area contributed by atoms with Crippen LogP contribution in [0.3, 0.4) is 0 Å². The molecule has 0 saturated carbocycles. The van der Waals surface area contributed by atoms with Crippen LogP contribution >= 0.6 is 11.3 Å². The van der Waals surface area contributed by atoms with Gasteiger partial charge in [0.1, 0.15) is 10.4 Å². The standard InChI is InChI=1S/C23H20N4O3S/c1-15-6-5-7-16(12-15)13-26-23(29)27-18-10-11-31-20(18)21(28)25(22(27)24-26)14-17-8-3-4-9-19(17)30-2/h3-12H,13-14H2,1-2H3. The molecule has 0 amide bonds. The molecule has 0 bridgehead atoms. The average molecular weight is 433 g/mol. The maximum Gasteiger partial charge on any atom is 0.352 e. The Bertz CT molecular complexity index is 1540. The van der Waals surface area contributed by atoms with Crippen LogP contribution in [0.25, 0.3) is 16.0 Å². The van der Waals surface area contributed by atoms with E-state index in [1.807, 2.05) is 60.8 Å². The highest BCUT2D eigenvalue weighted by Gasteiger charge is 2.19. The van der Waals surface area contributed by atoms with Gasteiger partial charge in [0.15, 0.2) is 0 Å². The lowest BCUT2D eigenvalue weighted by molar-refractivity contribution is 0.408. The van der Waals surface area contributed by atoms with Crippen LogP contribution in [-0.4, -0.2) is 25.9 Å². The molecule has 156 valence electrons. The first kappa shape index (κ1) is 19.3. The minimum Gasteiger partial charge on any atom is -0.496 e. The number of para-hydroxylation sites is 1. The van der Waals surface area contributed by atoms with Crippen molar-refractivity contribution in [1.29, 1.82) is 0 Å². The highest BCUT2D eigenvalue weighted by Crippen LogP contribution is 2.21. The SMILES string of the molecule is COc1ccccc1Cn1c(=O)c2sccc2n2c(=O)n(Cc3cccc(C)c3)nc12. The van der Waals surface area contributed by atoms with Crippen LogP contribution in [0.2, 0.25) is 0 Å². The average Bonchev–Trinajstić information content (AvgIpc) is 3.37. The van der Waals surface area contributed by atoms with Gasteiger partial charge in [-0.05, 0) is 30.0 Å². The van der Waals surface area contributed by atoms with Crippen molar-refractivity contribution in [3.8, 4) is 5.75 Å². The third-order valence-corrected chi connectivity index (χ3v) is 6.22. The first-order valence-electron chi connectivity index (χ1n) is 9.84. The van der Waals surface area contributed by atoms with E-state index in [2.05, 4.69) is 5.10 Å². The Labute approximate surface area is 181 Å². The maximum atomic E-state index is 13.3. The number of thiophene rings is 1. The number of aromatic nitrogens is 4. The van der Waals surface area contributed by atoms with Gasteiger partial charge in [-0.1, -0.05) is 48.0 Å². The Morgan fingerprint density at radius 2 is 1.87 bits per heavy atom. The number of nitrogens with zero attached hydrogens (tertiary/aromatic N) is 4. The number of methoxy groups -OCH3 is 1. The molecule has 0 atom stereocenters. The molecule has 7 nitrogen and oxygen atoms in total. The van der Waals surface area contributed by atoms with Gasteiger partial charge in [-0.15, -0.1) is 16.4 Å². The van der Waals surface area contributed by atoms with Crippen molar-refractivity contribution in [3.63, 3.8) is 0 Å². The van der Waals surface area contributed by atoms with E-state index in [1.165, 1.54) is 20.4 Å². The van der Waals surface area contributed by atoms with Crippen LogP contribution in [0.15, 0.2) is 69.6 Å². The summed E-state index contributed by atoms with van der Waals surface area (Å²) in [4.78, 5) is 26.6. The van der Waals surface area contributed by atoms with Gasteiger partial charge in [0, 0.05) is 5.56 Å². The number of benzene rings is 2. The monoisotopic (exact) mass is 432 g/mol. The molecule has 8 heteroatoms. The summed E-state index contributed by atoms with van der Waals surface area (Å²) in [6.07, 6.45) is 0. The van der Waals surface area contributed by atoms with Crippen LogP contribution in [-0.2, 0) is 13.1 Å². The van der Waals surface area contributed by atoms with E-state index in [1.54, 1.807) is 17.7 Å². The topological polar surface area (TPSA) is 70.5 Å². The fraction of sp³-hybridized carbons (Fsp3) is 0.174. The van der Waals surface area contributed by atoms with Crippen molar-refractivity contribution in [2.24, 2.45) is 0 Å². The molecule has 2 aromatic carbocycles. The van der Waals surface area contributed by atoms with E-state index in [9.17, 15) is 9.59 Å². The predicted octanol–water partition coefficient (Wildman–Crippen LogP) is 3.29. The molecule has 5 aromatic rings. The maximum absolute atomic E-state index is 13.3. The number of rotatable bonds is 5. The highest BCUT2D eigenvalue weighted by atomic mass is 32.1. The van der Waals surface area contributed by atoms with E-state index in [0.717, 1.165) is 16.7 Å². The molecule has 0 saturated heterocycles. The van der Waals surface area contributed by atoms with Gasteiger partial charge in [0.2, 0.25) is 5.78 Å². The summed E-state index contributed by atoms with van der Waals surface area (Å²) in [7, 11) is 1.60. The van der Waals surface area contributed by atoms with Crippen molar-refractivity contribution in [3.05, 3.63) is 97.5 Å². The minimum atomic E-state index is -0.270. The molecular formula is C23H20N4O3S. The van der Waals surface area contributed by atoms with Crippen molar-refractivity contribution >= 4 is 27.3 Å². The molecule has 31 heavy (non-hydrogen) atoms. The molecule has 0 N–H and O–H groups in total. The zero-order valence-electron chi connectivity index (χ0n) is 17.1. The summed E-state index contributed by atoms with van der Waals surface area (Å²) in [6, 6.07) is 17.3. The van der Waals surface area contributed by atoms with Gasteiger partial charge in [-0.3, -0.25) is 9.36 Å². The Morgan fingerprint density at radius 1 is 1.03 bits per heavy atom. The molecule has 0 radical (unpaired) electrons. The quantitative estimate of drug-likeness (QED) is 0.427. The van der Waals surface area contributed by atoms with Crippen LogP contribution in [0.1, 0.15) is 16.7 Å². The second-order valence-electron chi connectivity index (χ2n) is 7.40. The van der Waals surface area contributed by atoms with Crippen molar-refractivity contribution in [2.45, 2.75) is 20.0 Å². The number of hydrogen-bond acceptors (Lipinski definition) is 5. The van der Waals surface area contributed by atoms with Gasteiger partial charge in [-0.2, -0.15) is 0 Å². The second-order valence-corrected chi connectivity index (χ2v) is 8.32. The largest absolute Gasteiger partial charge is 0.496 e. The van der Waals surface area contributed by atoms with Gasteiger partial charge in [0.05, 0.1) is 25.7 Å². The predicted molar refractivity (Wildman–Crippen MR) is 121 cm³/mol. The fourth-order valence-electron chi connectivity index (χ4n) is 3.87. The summed E-state index contributed by atoms with van der Waals surface area (Å²) >= 11 is 1.33. The summed E-state index contributed by atoms with van der Waals surface area (Å²) in [6.45, 7) is 2.59. The summed E-state index contributed by atoms with van der Waals surface area (Å²) in [5, 5.41) is 6.40. The zero-order chi connectivity index (χ0) is 21.5. The third kappa shape index (κ3) is 3.25. The smallest absolute Gasteiger partial charge is 0.352 e. The van der Waals surface area contributed by atoms with Crippen LogP contribution in [0.5, 0.6) is 5.75 Å². The lowest BCUT2D eigenvalue weighted by atomic mass is 10.1. The van der Waals surface area contributed by atoms with E-state index in [-0.39, 0.29) is 17.8 Å². The van der Waals surface area contributed by atoms with E-state index >= 15 is 0 Å². The van der Waals surface area contributed by atoms with Gasteiger partial charge < -0.3 is 4.74 Å². The zero-order valence-corrected chi connectivity index (χ0v) is 17.9. The first-order chi connectivity index (χ1) is 15.1. The van der Waals surface area contributed by atoms with Crippen molar-refractivity contribution in [1.82, 2.24) is 18.7 Å². The second kappa shape index (κ2) is 7.55. The Kier molecular flexibility index (Phi) is 4.71. The molecule has 0 spiro atoms. The van der Waals surface area contributed by atoms with Gasteiger partial charge in [-0.25, -0.2) is 13.9 Å². The minimum absolute atomic E-state index is 0.170. The molecule has 0 aliphatic heterocycles. The van der Waals surface area contributed by atoms with Crippen LogP contribution < -0.4 is 16.0 Å².